The number of hydrogen-bond acceptors (Lipinski definition) is 3. The molecule has 6 heteroatoms. The number of ketones is 1. The number of fused-ring (bicyclic) bond motifs is 1. The molecule has 1 N–H and O–H groups in total. The van der Waals surface area contributed by atoms with E-state index in [9.17, 15) is 18.0 Å². The highest BCUT2D eigenvalue weighted by atomic mass is 19.4. The first-order chi connectivity index (χ1) is 9.41. The first-order valence-corrected chi connectivity index (χ1v) is 6.54. The minimum Gasteiger partial charge on any atom is -0.486 e. The van der Waals surface area contributed by atoms with E-state index >= 15 is 0 Å². The Morgan fingerprint density at radius 1 is 1.20 bits per heavy atom. The molecule has 1 spiro atoms. The van der Waals surface area contributed by atoms with Crippen LogP contribution in [0.4, 0.5) is 13.2 Å². The van der Waals surface area contributed by atoms with E-state index in [0.717, 1.165) is 6.07 Å². The summed E-state index contributed by atoms with van der Waals surface area (Å²) in [4.78, 5) is 12.2. The molecule has 2 aliphatic heterocycles. The highest BCUT2D eigenvalue weighted by Crippen LogP contribution is 2.43. The van der Waals surface area contributed by atoms with Gasteiger partial charge >= 0.3 is 6.18 Å². The van der Waals surface area contributed by atoms with Crippen molar-refractivity contribution in [2.24, 2.45) is 0 Å². The van der Waals surface area contributed by atoms with Gasteiger partial charge in [0.1, 0.15) is 11.4 Å². The summed E-state index contributed by atoms with van der Waals surface area (Å²) in [6.07, 6.45) is -3.25. The van der Waals surface area contributed by atoms with Gasteiger partial charge in [0.2, 0.25) is 0 Å². The van der Waals surface area contributed by atoms with Crippen LogP contribution in [0.2, 0.25) is 0 Å². The van der Waals surface area contributed by atoms with E-state index in [2.05, 4.69) is 5.32 Å². The highest BCUT2D eigenvalue weighted by Gasteiger charge is 2.45. The lowest BCUT2D eigenvalue weighted by atomic mass is 9.82. The number of piperidine rings is 1. The smallest absolute Gasteiger partial charge is 0.417 e. The van der Waals surface area contributed by atoms with Crippen LogP contribution in [-0.4, -0.2) is 24.5 Å². The number of nitrogens with one attached hydrogen (secondary N) is 1. The molecule has 3 nitrogen and oxygen atoms in total. The highest BCUT2D eigenvalue weighted by molar-refractivity contribution is 6.02. The molecule has 2 aliphatic rings. The van der Waals surface area contributed by atoms with Crippen molar-refractivity contribution in [2.45, 2.75) is 31.0 Å². The summed E-state index contributed by atoms with van der Waals surface area (Å²) in [5.74, 6) is -0.404. The predicted octanol–water partition coefficient (Wildman–Crippen LogP) is 2.79. The van der Waals surface area contributed by atoms with Crippen molar-refractivity contribution in [3.8, 4) is 5.75 Å². The van der Waals surface area contributed by atoms with Crippen molar-refractivity contribution >= 4 is 5.78 Å². The minimum atomic E-state index is -4.54. The Balaban J connectivity index is 2.04. The molecule has 1 fully saturated rings. The molecule has 108 valence electrons. The van der Waals surface area contributed by atoms with Gasteiger partial charge in [0.25, 0.3) is 0 Å². The second-order valence-corrected chi connectivity index (χ2v) is 5.31. The van der Waals surface area contributed by atoms with E-state index in [1.807, 2.05) is 0 Å². The van der Waals surface area contributed by atoms with Gasteiger partial charge in [-0.1, -0.05) is 6.07 Å². The van der Waals surface area contributed by atoms with Crippen molar-refractivity contribution in [2.75, 3.05) is 13.1 Å². The van der Waals surface area contributed by atoms with Crippen molar-refractivity contribution < 1.29 is 22.7 Å². The molecule has 1 aromatic rings. The predicted molar refractivity (Wildman–Crippen MR) is 65.9 cm³/mol. The third-order valence-corrected chi connectivity index (χ3v) is 3.93. The Bertz CT molecular complexity index is 548. The molecule has 0 saturated carbocycles. The lowest BCUT2D eigenvalue weighted by molar-refractivity contribution is -0.138. The van der Waals surface area contributed by atoms with E-state index in [1.54, 1.807) is 0 Å². The number of halogens is 3. The van der Waals surface area contributed by atoms with Crippen LogP contribution in [0, 0.1) is 0 Å². The van der Waals surface area contributed by atoms with E-state index in [1.165, 1.54) is 12.1 Å². The summed E-state index contributed by atoms with van der Waals surface area (Å²) >= 11 is 0. The molecule has 0 amide bonds. The van der Waals surface area contributed by atoms with Gasteiger partial charge in [0.15, 0.2) is 5.78 Å². The van der Waals surface area contributed by atoms with E-state index in [4.69, 9.17) is 4.74 Å². The number of rotatable bonds is 0. The summed E-state index contributed by atoms with van der Waals surface area (Å²) in [7, 11) is 0. The summed E-state index contributed by atoms with van der Waals surface area (Å²) in [5.41, 5.74) is -1.85. The molecular formula is C14H14F3NO2. The molecular weight excluding hydrogens is 271 g/mol. The Morgan fingerprint density at radius 3 is 2.55 bits per heavy atom. The fraction of sp³-hybridized carbons (Fsp3) is 0.500. The molecule has 0 unspecified atom stereocenters. The van der Waals surface area contributed by atoms with Gasteiger partial charge in [-0.05, 0) is 25.2 Å². The van der Waals surface area contributed by atoms with Crippen LogP contribution < -0.4 is 10.1 Å². The molecule has 0 bridgehead atoms. The molecule has 1 aromatic carbocycles. The van der Waals surface area contributed by atoms with Crippen LogP contribution in [0.1, 0.15) is 35.2 Å². The second kappa shape index (κ2) is 4.48. The Hall–Kier alpha value is -1.56. The van der Waals surface area contributed by atoms with Gasteiger partial charge in [-0.2, -0.15) is 13.2 Å². The Labute approximate surface area is 114 Å². The van der Waals surface area contributed by atoms with E-state index < -0.39 is 23.1 Å². The van der Waals surface area contributed by atoms with Crippen molar-refractivity contribution in [3.63, 3.8) is 0 Å². The number of Topliss-reactive ketones (excluding diaryl/α,β-unsaturated/α-hetero) is 1. The standard InChI is InChI=1S/C14H14F3NO2/c15-14(16,17)9-2-1-3-11-12(9)10(19)8-13(20-11)4-6-18-7-5-13/h1-3,18H,4-8H2. The lowest BCUT2D eigenvalue weighted by Crippen LogP contribution is -2.50. The van der Waals surface area contributed by atoms with Crippen LogP contribution in [0.15, 0.2) is 18.2 Å². The summed E-state index contributed by atoms with van der Waals surface area (Å²) in [6.45, 7) is 1.42. The first-order valence-electron chi connectivity index (χ1n) is 6.54. The SMILES string of the molecule is O=C1CC2(CCNCC2)Oc2cccc(C(F)(F)F)c21. The van der Waals surface area contributed by atoms with Gasteiger partial charge in [-0.25, -0.2) is 0 Å². The molecule has 0 radical (unpaired) electrons. The Kier molecular flexibility index (Phi) is 3.01. The third kappa shape index (κ3) is 2.18. The average Bonchev–Trinajstić information content (AvgIpc) is 2.37. The van der Waals surface area contributed by atoms with E-state index in [-0.39, 0.29) is 17.7 Å². The topological polar surface area (TPSA) is 38.3 Å². The summed E-state index contributed by atoms with van der Waals surface area (Å²) in [5, 5.41) is 3.16. The first kappa shape index (κ1) is 13.4. The van der Waals surface area contributed by atoms with Gasteiger partial charge in [-0.3, -0.25) is 4.79 Å². The van der Waals surface area contributed by atoms with E-state index in [0.29, 0.717) is 25.9 Å². The van der Waals surface area contributed by atoms with Crippen molar-refractivity contribution in [1.82, 2.24) is 5.32 Å². The monoisotopic (exact) mass is 285 g/mol. The van der Waals surface area contributed by atoms with Crippen molar-refractivity contribution in [3.05, 3.63) is 29.3 Å². The molecule has 2 heterocycles. The summed E-state index contributed by atoms with van der Waals surface area (Å²) < 4.78 is 44.7. The lowest BCUT2D eigenvalue weighted by Gasteiger charge is -2.41. The molecule has 0 aliphatic carbocycles. The van der Waals surface area contributed by atoms with Crippen LogP contribution >= 0.6 is 0 Å². The van der Waals surface area contributed by atoms with Crippen LogP contribution in [0.3, 0.4) is 0 Å². The number of carbonyl (C=O) groups is 1. The number of alkyl halides is 3. The molecule has 20 heavy (non-hydrogen) atoms. The van der Waals surface area contributed by atoms with Gasteiger partial charge < -0.3 is 10.1 Å². The fourth-order valence-electron chi connectivity index (χ4n) is 2.95. The average molecular weight is 285 g/mol. The maximum atomic E-state index is 13.0. The number of benzene rings is 1. The summed E-state index contributed by atoms with van der Waals surface area (Å²) in [6, 6.07) is 3.67. The second-order valence-electron chi connectivity index (χ2n) is 5.31. The molecule has 1 saturated heterocycles. The van der Waals surface area contributed by atoms with Crippen molar-refractivity contribution in [1.29, 1.82) is 0 Å². The maximum Gasteiger partial charge on any atom is 0.417 e. The molecule has 0 atom stereocenters. The Morgan fingerprint density at radius 2 is 1.90 bits per heavy atom. The van der Waals surface area contributed by atoms with Gasteiger partial charge in [-0.15, -0.1) is 0 Å². The normalized spacial score (nSPS) is 21.4. The maximum absolute atomic E-state index is 13.0. The van der Waals surface area contributed by atoms with Crippen LogP contribution in [0.5, 0.6) is 5.75 Å². The van der Waals surface area contributed by atoms with Gasteiger partial charge in [0, 0.05) is 12.8 Å². The van der Waals surface area contributed by atoms with Crippen LogP contribution in [-0.2, 0) is 6.18 Å². The fourth-order valence-corrected chi connectivity index (χ4v) is 2.95. The zero-order valence-corrected chi connectivity index (χ0v) is 10.7. The molecule has 0 aromatic heterocycles. The third-order valence-electron chi connectivity index (χ3n) is 3.93. The van der Waals surface area contributed by atoms with Gasteiger partial charge in [0.05, 0.1) is 17.5 Å². The quantitative estimate of drug-likeness (QED) is 0.796. The zero-order chi connectivity index (χ0) is 14.4. The largest absolute Gasteiger partial charge is 0.486 e. The molecule has 3 rings (SSSR count). The minimum absolute atomic E-state index is 0.0226. The van der Waals surface area contributed by atoms with Crippen LogP contribution in [0.25, 0.3) is 0 Å². The number of hydrogen-bond donors (Lipinski definition) is 1. The number of carbonyl (C=O) groups excluding carboxylic acids is 1. The number of ether oxygens (including phenoxy) is 1. The zero-order valence-electron chi connectivity index (χ0n) is 10.7.